The van der Waals surface area contributed by atoms with Crippen molar-refractivity contribution in [1.29, 1.82) is 0 Å². The van der Waals surface area contributed by atoms with Gasteiger partial charge >= 0.3 is 5.97 Å². The SMILES string of the molecule is CC(=O)Nc1cccc(NC(=O)COC(=O)CCc2nc3ccccc3o2)c1. The first-order valence-electron chi connectivity index (χ1n) is 8.67. The average Bonchev–Trinajstić information content (AvgIpc) is 3.07. The van der Waals surface area contributed by atoms with Gasteiger partial charge in [0.25, 0.3) is 5.91 Å². The number of anilines is 2. The molecule has 8 heteroatoms. The lowest BCUT2D eigenvalue weighted by atomic mass is 10.2. The molecule has 0 saturated carbocycles. The maximum Gasteiger partial charge on any atom is 0.306 e. The van der Waals surface area contributed by atoms with Gasteiger partial charge in [-0.1, -0.05) is 18.2 Å². The van der Waals surface area contributed by atoms with Gasteiger partial charge in [0, 0.05) is 24.7 Å². The number of aryl methyl sites for hydroxylation is 1. The number of hydrogen-bond donors (Lipinski definition) is 2. The number of carbonyl (C=O) groups is 3. The van der Waals surface area contributed by atoms with Crippen LogP contribution in [0.4, 0.5) is 11.4 Å². The van der Waals surface area contributed by atoms with E-state index in [1.165, 1.54) is 6.92 Å². The van der Waals surface area contributed by atoms with Gasteiger partial charge < -0.3 is 19.8 Å². The summed E-state index contributed by atoms with van der Waals surface area (Å²) in [5.74, 6) is -0.770. The Bertz CT molecular complexity index is 979. The zero-order valence-corrected chi connectivity index (χ0v) is 15.2. The highest BCUT2D eigenvalue weighted by Gasteiger charge is 2.11. The number of nitrogens with one attached hydrogen (secondary N) is 2. The number of ether oxygens (including phenoxy) is 1. The maximum absolute atomic E-state index is 11.9. The third-order valence-electron chi connectivity index (χ3n) is 3.71. The van der Waals surface area contributed by atoms with Gasteiger partial charge in [0.15, 0.2) is 18.1 Å². The number of rotatable bonds is 7. The molecule has 2 N–H and O–H groups in total. The predicted octanol–water partition coefficient (Wildman–Crippen LogP) is 2.90. The maximum atomic E-state index is 11.9. The third kappa shape index (κ3) is 5.41. The van der Waals surface area contributed by atoms with Crippen LogP contribution in [0.3, 0.4) is 0 Å². The molecule has 144 valence electrons. The molecular weight excluding hydrogens is 362 g/mol. The lowest BCUT2D eigenvalue weighted by Gasteiger charge is -2.08. The van der Waals surface area contributed by atoms with Crippen molar-refractivity contribution in [2.45, 2.75) is 19.8 Å². The van der Waals surface area contributed by atoms with E-state index >= 15 is 0 Å². The number of esters is 1. The van der Waals surface area contributed by atoms with E-state index in [4.69, 9.17) is 9.15 Å². The van der Waals surface area contributed by atoms with Crippen molar-refractivity contribution in [3.63, 3.8) is 0 Å². The number of carbonyl (C=O) groups excluding carboxylic acids is 3. The average molecular weight is 381 g/mol. The van der Waals surface area contributed by atoms with Crippen molar-refractivity contribution in [2.75, 3.05) is 17.2 Å². The Labute approximate surface area is 160 Å². The van der Waals surface area contributed by atoms with Crippen LogP contribution in [0.25, 0.3) is 11.1 Å². The highest BCUT2D eigenvalue weighted by atomic mass is 16.5. The van der Waals surface area contributed by atoms with Gasteiger partial charge in [-0.15, -0.1) is 0 Å². The van der Waals surface area contributed by atoms with Gasteiger partial charge in [-0.3, -0.25) is 14.4 Å². The summed E-state index contributed by atoms with van der Waals surface area (Å²) < 4.78 is 10.5. The second-order valence-electron chi connectivity index (χ2n) is 6.05. The zero-order chi connectivity index (χ0) is 19.9. The highest BCUT2D eigenvalue weighted by molar-refractivity contribution is 5.94. The van der Waals surface area contributed by atoms with Crippen molar-refractivity contribution in [2.24, 2.45) is 0 Å². The van der Waals surface area contributed by atoms with Crippen LogP contribution in [-0.4, -0.2) is 29.4 Å². The second kappa shape index (κ2) is 8.81. The first kappa shape index (κ1) is 19.1. The smallest absolute Gasteiger partial charge is 0.306 e. The number of nitrogens with zero attached hydrogens (tertiary/aromatic N) is 1. The van der Waals surface area contributed by atoms with Crippen molar-refractivity contribution in [3.05, 3.63) is 54.4 Å². The van der Waals surface area contributed by atoms with Gasteiger partial charge in [0.05, 0.1) is 6.42 Å². The van der Waals surface area contributed by atoms with Gasteiger partial charge in [-0.05, 0) is 30.3 Å². The minimum absolute atomic E-state index is 0.0537. The van der Waals surface area contributed by atoms with Crippen LogP contribution in [0.15, 0.2) is 52.9 Å². The summed E-state index contributed by atoms with van der Waals surface area (Å²) in [6.07, 6.45) is 0.339. The minimum atomic E-state index is -0.524. The number of fused-ring (bicyclic) bond motifs is 1. The van der Waals surface area contributed by atoms with Gasteiger partial charge in [0.2, 0.25) is 5.91 Å². The normalized spacial score (nSPS) is 10.5. The summed E-state index contributed by atoms with van der Waals surface area (Å²) in [5.41, 5.74) is 2.43. The van der Waals surface area contributed by atoms with Crippen LogP contribution in [-0.2, 0) is 25.5 Å². The molecule has 0 aliphatic carbocycles. The number of amides is 2. The summed E-state index contributed by atoms with van der Waals surface area (Å²) in [5, 5.41) is 5.22. The van der Waals surface area contributed by atoms with Crippen LogP contribution < -0.4 is 10.6 Å². The van der Waals surface area contributed by atoms with E-state index in [9.17, 15) is 14.4 Å². The Balaban J connectivity index is 1.43. The molecular formula is C20H19N3O5. The van der Waals surface area contributed by atoms with E-state index in [0.717, 1.165) is 5.52 Å². The first-order valence-corrected chi connectivity index (χ1v) is 8.67. The van der Waals surface area contributed by atoms with Gasteiger partial charge in [0.1, 0.15) is 5.52 Å². The van der Waals surface area contributed by atoms with E-state index in [0.29, 0.717) is 22.8 Å². The standard InChI is InChI=1S/C20H19N3O5/c1-13(24)21-14-5-4-6-15(11-14)22-18(25)12-27-20(26)10-9-19-23-16-7-2-3-8-17(16)28-19/h2-8,11H,9-10,12H2,1H3,(H,21,24)(H,22,25). The van der Waals surface area contributed by atoms with Crippen LogP contribution in [0.2, 0.25) is 0 Å². The Morgan fingerprint density at radius 3 is 2.54 bits per heavy atom. The van der Waals surface area contributed by atoms with Crippen molar-refractivity contribution < 1.29 is 23.5 Å². The molecule has 3 rings (SSSR count). The van der Waals surface area contributed by atoms with E-state index < -0.39 is 18.5 Å². The monoisotopic (exact) mass is 381 g/mol. The molecule has 0 atom stereocenters. The number of aromatic nitrogens is 1. The van der Waals surface area contributed by atoms with Gasteiger partial charge in [-0.2, -0.15) is 0 Å². The molecule has 2 aromatic carbocycles. The fraction of sp³-hybridized carbons (Fsp3) is 0.200. The quantitative estimate of drug-likeness (QED) is 0.609. The van der Waals surface area contributed by atoms with E-state index in [-0.39, 0.29) is 18.7 Å². The lowest BCUT2D eigenvalue weighted by molar-refractivity contribution is -0.147. The Kier molecular flexibility index (Phi) is 6.01. The summed E-state index contributed by atoms with van der Waals surface area (Å²) in [6, 6.07) is 14.0. The Hall–Kier alpha value is -3.68. The van der Waals surface area contributed by atoms with E-state index in [1.807, 2.05) is 18.2 Å². The summed E-state index contributed by atoms with van der Waals surface area (Å²) in [6.45, 7) is 0.988. The molecule has 0 fully saturated rings. The zero-order valence-electron chi connectivity index (χ0n) is 15.2. The second-order valence-corrected chi connectivity index (χ2v) is 6.05. The number of oxazole rings is 1. The molecule has 0 aliphatic heterocycles. The summed E-state index contributed by atoms with van der Waals surface area (Å²) in [7, 11) is 0. The van der Waals surface area contributed by atoms with Gasteiger partial charge in [-0.25, -0.2) is 4.98 Å². The molecule has 0 bridgehead atoms. The lowest BCUT2D eigenvalue weighted by Crippen LogP contribution is -2.21. The molecule has 1 heterocycles. The van der Waals surface area contributed by atoms with E-state index in [2.05, 4.69) is 15.6 Å². The van der Waals surface area contributed by atoms with Crippen LogP contribution in [0.5, 0.6) is 0 Å². The molecule has 0 saturated heterocycles. The minimum Gasteiger partial charge on any atom is -0.456 e. The molecule has 28 heavy (non-hydrogen) atoms. The Morgan fingerprint density at radius 2 is 1.79 bits per heavy atom. The highest BCUT2D eigenvalue weighted by Crippen LogP contribution is 2.16. The van der Waals surface area contributed by atoms with Crippen molar-refractivity contribution in [3.8, 4) is 0 Å². The van der Waals surface area contributed by atoms with Crippen molar-refractivity contribution in [1.82, 2.24) is 4.98 Å². The third-order valence-corrected chi connectivity index (χ3v) is 3.71. The molecule has 2 amide bonds. The molecule has 8 nitrogen and oxygen atoms in total. The molecule has 0 radical (unpaired) electrons. The largest absolute Gasteiger partial charge is 0.456 e. The fourth-order valence-corrected chi connectivity index (χ4v) is 2.53. The number of para-hydroxylation sites is 2. The molecule has 0 unspecified atom stereocenters. The van der Waals surface area contributed by atoms with Crippen LogP contribution in [0, 0.1) is 0 Å². The Morgan fingerprint density at radius 1 is 1.04 bits per heavy atom. The van der Waals surface area contributed by atoms with Crippen LogP contribution in [0.1, 0.15) is 19.2 Å². The first-order chi connectivity index (χ1) is 13.5. The molecule has 3 aromatic rings. The van der Waals surface area contributed by atoms with E-state index in [1.54, 1.807) is 30.3 Å². The van der Waals surface area contributed by atoms with Crippen LogP contribution >= 0.6 is 0 Å². The number of hydrogen-bond acceptors (Lipinski definition) is 6. The summed E-state index contributed by atoms with van der Waals surface area (Å²) in [4.78, 5) is 39.1. The predicted molar refractivity (Wildman–Crippen MR) is 103 cm³/mol. The fourth-order valence-electron chi connectivity index (χ4n) is 2.53. The molecule has 0 aliphatic rings. The van der Waals surface area contributed by atoms with Crippen molar-refractivity contribution >= 4 is 40.3 Å². The topological polar surface area (TPSA) is 111 Å². The molecule has 1 aromatic heterocycles. The molecule has 0 spiro atoms. The number of benzene rings is 2. The summed E-state index contributed by atoms with van der Waals surface area (Å²) >= 11 is 0.